The Hall–Kier alpha value is -1.86. The van der Waals surface area contributed by atoms with Crippen LogP contribution in [0.1, 0.15) is 35.5 Å². The van der Waals surface area contributed by atoms with Crippen molar-refractivity contribution in [3.8, 4) is 5.75 Å². The molecule has 0 unspecified atom stereocenters. The van der Waals surface area contributed by atoms with Gasteiger partial charge in [-0.25, -0.2) is 4.98 Å². The van der Waals surface area contributed by atoms with Gasteiger partial charge in [-0.15, -0.1) is 11.3 Å². The molecule has 2 heterocycles. The Morgan fingerprint density at radius 1 is 1.32 bits per heavy atom. The molecule has 0 atom stereocenters. The van der Waals surface area contributed by atoms with Crippen molar-refractivity contribution in [3.05, 3.63) is 17.1 Å². The number of ether oxygens (including phenoxy) is 2. The summed E-state index contributed by atoms with van der Waals surface area (Å²) in [5, 5.41) is 3.64. The third-order valence-corrected chi connectivity index (χ3v) is 6.02. The van der Waals surface area contributed by atoms with E-state index in [-0.39, 0.29) is 5.91 Å². The fourth-order valence-corrected chi connectivity index (χ4v) is 4.63. The van der Waals surface area contributed by atoms with Gasteiger partial charge in [0.1, 0.15) is 11.3 Å². The molecule has 1 aromatic heterocycles. The van der Waals surface area contributed by atoms with Crippen molar-refractivity contribution in [2.45, 2.75) is 31.7 Å². The van der Waals surface area contributed by atoms with Crippen LogP contribution in [-0.4, -0.2) is 50.3 Å². The van der Waals surface area contributed by atoms with Crippen molar-refractivity contribution in [3.63, 3.8) is 0 Å². The van der Waals surface area contributed by atoms with E-state index >= 15 is 0 Å². The summed E-state index contributed by atoms with van der Waals surface area (Å²) in [7, 11) is 1.64. The number of fused-ring (bicyclic) bond motifs is 1. The van der Waals surface area contributed by atoms with Crippen LogP contribution in [0.3, 0.4) is 0 Å². The molecule has 4 rings (SSSR count). The van der Waals surface area contributed by atoms with Crippen LogP contribution < -0.4 is 15.0 Å². The molecule has 1 amide bonds. The Balaban J connectivity index is 1.67. The zero-order valence-corrected chi connectivity index (χ0v) is 15.2. The van der Waals surface area contributed by atoms with Gasteiger partial charge in [0.2, 0.25) is 0 Å². The number of carbonyl (C=O) groups is 1. The highest BCUT2D eigenvalue weighted by molar-refractivity contribution is 7.21. The lowest BCUT2D eigenvalue weighted by molar-refractivity contribution is 0.0937. The monoisotopic (exact) mass is 361 g/mol. The summed E-state index contributed by atoms with van der Waals surface area (Å²) in [5.41, 5.74) is 1.88. The van der Waals surface area contributed by atoms with Crippen molar-refractivity contribution < 1.29 is 14.3 Å². The van der Waals surface area contributed by atoms with Crippen LogP contribution in [0.4, 0.5) is 5.69 Å². The molecule has 134 valence electrons. The number of aromatic nitrogens is 1. The molecule has 1 aromatic carbocycles. The maximum absolute atomic E-state index is 12.6. The molecule has 2 aliphatic rings. The van der Waals surface area contributed by atoms with Gasteiger partial charge in [-0.3, -0.25) is 4.79 Å². The number of amides is 1. The number of morpholine rings is 1. The summed E-state index contributed by atoms with van der Waals surface area (Å²) < 4.78 is 11.9. The number of carbonyl (C=O) groups excluding carboxylic acids is 1. The average molecular weight is 361 g/mol. The van der Waals surface area contributed by atoms with Gasteiger partial charge in [-0.1, -0.05) is 12.8 Å². The van der Waals surface area contributed by atoms with Crippen molar-refractivity contribution in [2.75, 3.05) is 38.3 Å². The lowest BCUT2D eigenvalue weighted by atomic mass is 10.2. The second-order valence-corrected chi connectivity index (χ2v) is 7.54. The Morgan fingerprint density at radius 3 is 2.80 bits per heavy atom. The minimum Gasteiger partial charge on any atom is -0.494 e. The van der Waals surface area contributed by atoms with Crippen LogP contribution in [0, 0.1) is 0 Å². The summed E-state index contributed by atoms with van der Waals surface area (Å²) in [5.74, 6) is 0.645. The number of nitrogens with zero attached hydrogens (tertiary/aromatic N) is 2. The van der Waals surface area contributed by atoms with Gasteiger partial charge in [0.15, 0.2) is 5.01 Å². The fraction of sp³-hybridized carbons (Fsp3) is 0.556. The number of hydrogen-bond donors (Lipinski definition) is 1. The van der Waals surface area contributed by atoms with Crippen LogP contribution in [0.15, 0.2) is 12.1 Å². The SMILES string of the molecule is COc1ccc(N2CCOCC2)c2sc(C(=O)NC3CCCC3)nc12. The van der Waals surface area contributed by atoms with Crippen LogP contribution in [0.25, 0.3) is 10.2 Å². The van der Waals surface area contributed by atoms with E-state index in [9.17, 15) is 4.79 Å². The lowest BCUT2D eigenvalue weighted by Gasteiger charge is -2.29. The number of nitrogens with one attached hydrogen (secondary N) is 1. The van der Waals surface area contributed by atoms with E-state index < -0.39 is 0 Å². The van der Waals surface area contributed by atoms with E-state index in [1.165, 1.54) is 24.2 Å². The van der Waals surface area contributed by atoms with Crippen LogP contribution >= 0.6 is 11.3 Å². The predicted octanol–water partition coefficient (Wildman–Crippen LogP) is 2.81. The molecule has 1 saturated heterocycles. The van der Waals surface area contributed by atoms with E-state index in [1.807, 2.05) is 6.07 Å². The van der Waals surface area contributed by atoms with Crippen LogP contribution in [0.2, 0.25) is 0 Å². The van der Waals surface area contributed by atoms with Crippen molar-refractivity contribution >= 4 is 33.1 Å². The van der Waals surface area contributed by atoms with Crippen LogP contribution in [0.5, 0.6) is 5.75 Å². The Morgan fingerprint density at radius 2 is 2.08 bits per heavy atom. The van der Waals surface area contributed by atoms with Gasteiger partial charge in [0.05, 0.1) is 30.7 Å². The second-order valence-electron chi connectivity index (χ2n) is 6.54. The third-order valence-electron chi connectivity index (χ3n) is 4.94. The number of benzene rings is 1. The van der Waals surface area contributed by atoms with E-state index in [2.05, 4.69) is 21.3 Å². The zero-order valence-electron chi connectivity index (χ0n) is 14.4. The molecule has 7 heteroatoms. The van der Waals surface area contributed by atoms with Gasteiger partial charge in [0.25, 0.3) is 5.91 Å². The Labute approximate surface area is 151 Å². The molecular formula is C18H23N3O3S. The maximum Gasteiger partial charge on any atom is 0.280 e. The lowest BCUT2D eigenvalue weighted by Crippen LogP contribution is -2.36. The molecule has 0 spiro atoms. The number of thiazole rings is 1. The highest BCUT2D eigenvalue weighted by atomic mass is 32.1. The number of anilines is 1. The van der Waals surface area contributed by atoms with Gasteiger partial charge in [-0.2, -0.15) is 0 Å². The maximum atomic E-state index is 12.6. The normalized spacial score (nSPS) is 18.7. The van der Waals surface area contributed by atoms with Gasteiger partial charge >= 0.3 is 0 Å². The Bertz CT molecular complexity index is 764. The fourth-order valence-electron chi connectivity index (χ4n) is 3.60. The topological polar surface area (TPSA) is 63.7 Å². The molecule has 2 aromatic rings. The van der Waals surface area contributed by atoms with Gasteiger partial charge in [0, 0.05) is 19.1 Å². The van der Waals surface area contributed by atoms with Crippen molar-refractivity contribution in [1.82, 2.24) is 10.3 Å². The second kappa shape index (κ2) is 7.17. The van der Waals surface area contributed by atoms with E-state index in [0.29, 0.717) is 16.8 Å². The number of hydrogen-bond acceptors (Lipinski definition) is 6. The molecular weight excluding hydrogens is 338 g/mol. The summed E-state index contributed by atoms with van der Waals surface area (Å²) in [6.07, 6.45) is 4.53. The van der Waals surface area contributed by atoms with Crippen LogP contribution in [-0.2, 0) is 4.74 Å². The van der Waals surface area contributed by atoms with E-state index in [0.717, 1.165) is 55.0 Å². The molecule has 0 radical (unpaired) electrons. The summed E-state index contributed by atoms with van der Waals surface area (Å²) >= 11 is 1.45. The standard InChI is InChI=1S/C18H23N3O3S/c1-23-14-7-6-13(21-8-10-24-11-9-21)16-15(14)20-18(25-16)17(22)19-12-4-2-3-5-12/h6-7,12H,2-5,8-11H2,1H3,(H,19,22). The van der Waals surface area contributed by atoms with Crippen molar-refractivity contribution in [2.24, 2.45) is 0 Å². The summed E-state index contributed by atoms with van der Waals surface area (Å²) in [4.78, 5) is 19.5. The van der Waals surface area contributed by atoms with Gasteiger partial charge in [-0.05, 0) is 25.0 Å². The largest absolute Gasteiger partial charge is 0.494 e. The molecule has 25 heavy (non-hydrogen) atoms. The number of methoxy groups -OCH3 is 1. The van der Waals surface area contributed by atoms with E-state index in [1.54, 1.807) is 7.11 Å². The molecule has 1 saturated carbocycles. The Kier molecular flexibility index (Phi) is 4.76. The molecule has 0 bridgehead atoms. The first-order valence-corrected chi connectivity index (χ1v) is 9.69. The first-order chi connectivity index (χ1) is 12.3. The average Bonchev–Trinajstić information content (AvgIpc) is 3.31. The quantitative estimate of drug-likeness (QED) is 0.907. The summed E-state index contributed by atoms with van der Waals surface area (Å²) in [6.45, 7) is 3.15. The molecule has 6 nitrogen and oxygen atoms in total. The van der Waals surface area contributed by atoms with E-state index in [4.69, 9.17) is 9.47 Å². The highest BCUT2D eigenvalue weighted by Crippen LogP contribution is 2.38. The van der Waals surface area contributed by atoms with Gasteiger partial charge < -0.3 is 19.7 Å². The smallest absolute Gasteiger partial charge is 0.280 e. The first-order valence-electron chi connectivity index (χ1n) is 8.87. The highest BCUT2D eigenvalue weighted by Gasteiger charge is 2.23. The molecule has 2 fully saturated rings. The predicted molar refractivity (Wildman–Crippen MR) is 98.9 cm³/mol. The van der Waals surface area contributed by atoms with Crippen molar-refractivity contribution in [1.29, 1.82) is 0 Å². The summed E-state index contributed by atoms with van der Waals surface area (Å²) in [6, 6.07) is 4.29. The minimum atomic E-state index is -0.0666. The molecule has 1 N–H and O–H groups in total. The number of rotatable bonds is 4. The first kappa shape index (κ1) is 16.6. The minimum absolute atomic E-state index is 0.0666. The zero-order chi connectivity index (χ0) is 17.2. The molecule has 1 aliphatic carbocycles. The molecule has 1 aliphatic heterocycles. The third kappa shape index (κ3) is 3.30.